The Morgan fingerprint density at radius 3 is 2.85 bits per heavy atom. The zero-order valence-electron chi connectivity index (χ0n) is 14.1. The molecule has 1 amide bonds. The van der Waals surface area contributed by atoms with Crippen molar-refractivity contribution in [1.82, 2.24) is 14.8 Å². The Morgan fingerprint density at radius 1 is 1.26 bits per heavy atom. The van der Waals surface area contributed by atoms with Crippen molar-refractivity contribution in [3.63, 3.8) is 0 Å². The number of nitro groups is 1. The van der Waals surface area contributed by atoms with E-state index in [2.05, 4.69) is 15.4 Å². The molecule has 1 atom stereocenters. The minimum atomic E-state index is -0.434. The molecule has 3 aromatic rings. The van der Waals surface area contributed by atoms with E-state index in [-0.39, 0.29) is 30.7 Å². The molecular formula is C18H15N5O4. The molecule has 0 radical (unpaired) electrons. The molecule has 1 aromatic heterocycles. The first kappa shape index (κ1) is 16.7. The fourth-order valence-electron chi connectivity index (χ4n) is 2.98. The molecule has 0 unspecified atom stereocenters. The molecule has 9 heteroatoms. The minimum absolute atomic E-state index is 0.0330. The predicted octanol–water partition coefficient (Wildman–Crippen LogP) is 2.70. The van der Waals surface area contributed by atoms with Gasteiger partial charge in [0.05, 0.1) is 17.4 Å². The Kier molecular flexibility index (Phi) is 4.25. The van der Waals surface area contributed by atoms with E-state index in [0.717, 1.165) is 5.56 Å². The molecule has 1 N–H and O–H groups in total. The molecule has 0 saturated heterocycles. The van der Waals surface area contributed by atoms with E-state index in [1.807, 2.05) is 12.1 Å². The molecule has 136 valence electrons. The summed E-state index contributed by atoms with van der Waals surface area (Å²) in [4.78, 5) is 26.3. The van der Waals surface area contributed by atoms with E-state index in [4.69, 9.17) is 4.74 Å². The third kappa shape index (κ3) is 3.47. The summed E-state index contributed by atoms with van der Waals surface area (Å²) in [6, 6.07) is 13.5. The first-order valence-electron chi connectivity index (χ1n) is 8.25. The molecule has 1 aliphatic rings. The Morgan fingerprint density at radius 2 is 2.07 bits per heavy atom. The number of anilines is 1. The fourth-order valence-corrected chi connectivity index (χ4v) is 2.98. The molecule has 2 aromatic carbocycles. The molecule has 0 aliphatic carbocycles. The second kappa shape index (κ2) is 6.87. The summed E-state index contributed by atoms with van der Waals surface area (Å²) in [5, 5.41) is 17.7. The van der Waals surface area contributed by atoms with Crippen molar-refractivity contribution in [2.45, 2.75) is 19.1 Å². The summed E-state index contributed by atoms with van der Waals surface area (Å²) in [6.45, 7) is 0.222. The monoisotopic (exact) mass is 365 g/mol. The smallest absolute Gasteiger partial charge is 0.269 e. The number of hydrogen-bond donors (Lipinski definition) is 1. The number of carbonyl (C=O) groups is 1. The van der Waals surface area contributed by atoms with Crippen LogP contribution in [0.4, 0.5) is 11.6 Å². The van der Waals surface area contributed by atoms with Crippen LogP contribution < -0.4 is 10.1 Å². The highest BCUT2D eigenvalue weighted by atomic mass is 16.6. The maximum absolute atomic E-state index is 11.8. The number of nitrogens with one attached hydrogen (secondary N) is 1. The van der Waals surface area contributed by atoms with Gasteiger partial charge >= 0.3 is 0 Å². The van der Waals surface area contributed by atoms with Crippen molar-refractivity contribution in [3.8, 4) is 5.75 Å². The van der Waals surface area contributed by atoms with Crippen LogP contribution >= 0.6 is 0 Å². The number of amides is 1. The van der Waals surface area contributed by atoms with Crippen molar-refractivity contribution in [3.05, 3.63) is 76.1 Å². The van der Waals surface area contributed by atoms with E-state index in [0.29, 0.717) is 17.3 Å². The number of hydrogen-bond acceptors (Lipinski definition) is 6. The van der Waals surface area contributed by atoms with Crippen molar-refractivity contribution in [2.75, 3.05) is 5.32 Å². The van der Waals surface area contributed by atoms with Gasteiger partial charge < -0.3 is 4.74 Å². The average Bonchev–Trinajstić information content (AvgIpc) is 3.14. The first-order chi connectivity index (χ1) is 13.1. The summed E-state index contributed by atoms with van der Waals surface area (Å²) in [6.07, 6.45) is 1.69. The van der Waals surface area contributed by atoms with Gasteiger partial charge in [-0.25, -0.2) is 4.68 Å². The number of ether oxygens (including phenoxy) is 1. The van der Waals surface area contributed by atoms with Crippen molar-refractivity contribution >= 4 is 17.5 Å². The summed E-state index contributed by atoms with van der Waals surface area (Å²) >= 11 is 0. The number of nitro benzene ring substituents is 1. The van der Waals surface area contributed by atoms with Crippen molar-refractivity contribution < 1.29 is 14.5 Å². The van der Waals surface area contributed by atoms with Gasteiger partial charge in [-0.3, -0.25) is 20.2 Å². The van der Waals surface area contributed by atoms with Crippen LogP contribution in [0.25, 0.3) is 0 Å². The largest absolute Gasteiger partial charge is 0.489 e. The van der Waals surface area contributed by atoms with Crippen LogP contribution in [0.15, 0.2) is 54.9 Å². The third-order valence-corrected chi connectivity index (χ3v) is 4.29. The highest BCUT2D eigenvalue weighted by Gasteiger charge is 2.27. The lowest BCUT2D eigenvalue weighted by Gasteiger charge is -2.23. The molecule has 9 nitrogen and oxygen atoms in total. The maximum Gasteiger partial charge on any atom is 0.269 e. The van der Waals surface area contributed by atoms with Gasteiger partial charge in [0.25, 0.3) is 5.69 Å². The Labute approximate surface area is 153 Å². The average molecular weight is 365 g/mol. The highest BCUT2D eigenvalue weighted by Crippen LogP contribution is 2.29. The van der Waals surface area contributed by atoms with Gasteiger partial charge in [0, 0.05) is 12.1 Å². The molecule has 0 saturated carbocycles. The first-order valence-corrected chi connectivity index (χ1v) is 8.25. The van der Waals surface area contributed by atoms with E-state index >= 15 is 0 Å². The number of fused-ring (bicyclic) bond motifs is 1. The molecule has 27 heavy (non-hydrogen) atoms. The summed E-state index contributed by atoms with van der Waals surface area (Å²) in [5.41, 5.74) is 1.66. The molecule has 0 bridgehead atoms. The van der Waals surface area contributed by atoms with Gasteiger partial charge in [-0.15, -0.1) is 0 Å². The lowest BCUT2D eigenvalue weighted by atomic mass is 10.0. The van der Waals surface area contributed by atoms with Gasteiger partial charge in [0.1, 0.15) is 18.7 Å². The van der Waals surface area contributed by atoms with E-state index in [1.54, 1.807) is 28.9 Å². The van der Waals surface area contributed by atoms with Gasteiger partial charge in [0.2, 0.25) is 11.9 Å². The number of non-ortho nitro benzene ring substituents is 1. The van der Waals surface area contributed by atoms with Gasteiger partial charge in [0.15, 0.2) is 0 Å². The van der Waals surface area contributed by atoms with Crippen molar-refractivity contribution in [2.24, 2.45) is 0 Å². The third-order valence-electron chi connectivity index (χ3n) is 4.29. The molecule has 4 rings (SSSR count). The summed E-state index contributed by atoms with van der Waals surface area (Å²) in [7, 11) is 0. The fraction of sp³-hybridized carbons (Fsp3) is 0.167. The van der Waals surface area contributed by atoms with E-state index in [9.17, 15) is 14.9 Å². The normalized spacial score (nSPS) is 15.7. The molecule has 0 spiro atoms. The highest BCUT2D eigenvalue weighted by molar-refractivity contribution is 5.91. The van der Waals surface area contributed by atoms with Crippen LogP contribution in [0.1, 0.15) is 23.6 Å². The Balaban J connectivity index is 1.46. The Bertz CT molecular complexity index is 999. The zero-order chi connectivity index (χ0) is 18.8. The minimum Gasteiger partial charge on any atom is -0.489 e. The second-order valence-electron chi connectivity index (χ2n) is 6.08. The SMILES string of the molecule is O=C1C[C@H](c2ccc(OCc3cccc([N+](=O)[O-])c3)cc2)n2ncnc2N1. The van der Waals surface area contributed by atoms with Crippen molar-refractivity contribution in [1.29, 1.82) is 0 Å². The molecular weight excluding hydrogens is 350 g/mol. The predicted molar refractivity (Wildman–Crippen MR) is 95.3 cm³/mol. The van der Waals surface area contributed by atoms with Gasteiger partial charge in [-0.1, -0.05) is 24.3 Å². The van der Waals surface area contributed by atoms with Crippen LogP contribution in [-0.4, -0.2) is 25.6 Å². The standard InChI is InChI=1S/C18H15N5O4/c24-17-9-16(22-18(21-17)19-11-20-22)13-4-6-15(7-5-13)27-10-12-2-1-3-14(8-12)23(25)26/h1-8,11,16H,9-10H2,(H,19,20,21,24)/t16-/m1/s1. The van der Waals surface area contributed by atoms with Crippen LogP contribution in [0.2, 0.25) is 0 Å². The molecule has 1 aliphatic heterocycles. The van der Waals surface area contributed by atoms with Crippen LogP contribution in [0.3, 0.4) is 0 Å². The number of carbonyl (C=O) groups excluding carboxylic acids is 1. The lowest BCUT2D eigenvalue weighted by Crippen LogP contribution is -2.29. The van der Waals surface area contributed by atoms with Crippen LogP contribution in [-0.2, 0) is 11.4 Å². The number of benzene rings is 2. The molecule has 2 heterocycles. The maximum atomic E-state index is 11.8. The topological polar surface area (TPSA) is 112 Å². The quantitative estimate of drug-likeness (QED) is 0.549. The van der Waals surface area contributed by atoms with Crippen LogP contribution in [0.5, 0.6) is 5.75 Å². The summed E-state index contributed by atoms with van der Waals surface area (Å²) in [5.74, 6) is 0.957. The van der Waals surface area contributed by atoms with E-state index < -0.39 is 4.92 Å². The van der Waals surface area contributed by atoms with Crippen LogP contribution in [0, 0.1) is 10.1 Å². The number of nitrogens with zero attached hydrogens (tertiary/aromatic N) is 4. The Hall–Kier alpha value is -3.75. The molecule has 0 fully saturated rings. The summed E-state index contributed by atoms with van der Waals surface area (Å²) < 4.78 is 7.39. The lowest BCUT2D eigenvalue weighted by molar-refractivity contribution is -0.384. The van der Waals surface area contributed by atoms with Gasteiger partial charge in [-0.2, -0.15) is 10.1 Å². The van der Waals surface area contributed by atoms with E-state index in [1.165, 1.54) is 18.5 Å². The number of aromatic nitrogens is 3. The number of rotatable bonds is 5. The second-order valence-corrected chi connectivity index (χ2v) is 6.08. The van der Waals surface area contributed by atoms with Gasteiger partial charge in [-0.05, 0) is 23.3 Å². The zero-order valence-corrected chi connectivity index (χ0v) is 14.1.